The van der Waals surface area contributed by atoms with Crippen LogP contribution < -0.4 is 5.32 Å². The second-order valence-electron chi connectivity index (χ2n) is 3.76. The van der Waals surface area contributed by atoms with Crippen molar-refractivity contribution in [1.29, 1.82) is 0 Å². The van der Waals surface area contributed by atoms with E-state index in [4.69, 9.17) is 0 Å². The largest absolute Gasteiger partial charge is 0.324 e. The second kappa shape index (κ2) is 5.95. The number of carbonyl (C=O) groups excluding carboxylic acids is 1. The van der Waals surface area contributed by atoms with Crippen LogP contribution in [0.3, 0.4) is 0 Å². The van der Waals surface area contributed by atoms with Crippen LogP contribution >= 0.6 is 38.5 Å². The highest BCUT2D eigenvalue weighted by Gasteiger charge is 2.19. The Hall–Kier alpha value is -0.170. The Balaban J connectivity index is 2.77. The number of nitrogens with one attached hydrogen (secondary N) is 1. The number of anilines is 1. The lowest BCUT2D eigenvalue weighted by Crippen LogP contribution is -2.27. The standard InChI is InChI=1S/C11H12BrFINO/c1-6(2)10(12)11(16)15-9-4-3-7(13)5-8(9)14/h3-6,10H,1-2H3,(H,15,16). The minimum Gasteiger partial charge on any atom is -0.324 e. The first-order valence-electron chi connectivity index (χ1n) is 4.82. The number of hydrogen-bond donors (Lipinski definition) is 1. The molecule has 2 nitrogen and oxygen atoms in total. The van der Waals surface area contributed by atoms with Gasteiger partial charge in [0, 0.05) is 3.57 Å². The Morgan fingerprint density at radius 3 is 2.62 bits per heavy atom. The van der Waals surface area contributed by atoms with E-state index >= 15 is 0 Å². The molecule has 0 aliphatic carbocycles. The average molecular weight is 400 g/mol. The highest BCUT2D eigenvalue weighted by molar-refractivity contribution is 14.1. The van der Waals surface area contributed by atoms with Gasteiger partial charge in [-0.15, -0.1) is 0 Å². The summed E-state index contributed by atoms with van der Waals surface area (Å²) in [5.74, 6) is -0.209. The van der Waals surface area contributed by atoms with Crippen LogP contribution in [0, 0.1) is 15.3 Å². The van der Waals surface area contributed by atoms with Crippen LogP contribution in [0.5, 0.6) is 0 Å². The third-order valence-electron chi connectivity index (χ3n) is 2.02. The molecule has 1 aromatic carbocycles. The van der Waals surface area contributed by atoms with Gasteiger partial charge in [0.05, 0.1) is 10.5 Å². The summed E-state index contributed by atoms with van der Waals surface area (Å²) in [6.45, 7) is 3.91. The summed E-state index contributed by atoms with van der Waals surface area (Å²) in [6, 6.07) is 4.28. The van der Waals surface area contributed by atoms with E-state index in [0.717, 1.165) is 0 Å². The molecule has 1 rings (SSSR count). The highest BCUT2D eigenvalue weighted by Crippen LogP contribution is 2.21. The fourth-order valence-electron chi connectivity index (χ4n) is 1.10. The molecule has 5 heteroatoms. The molecule has 0 saturated heterocycles. The molecule has 1 amide bonds. The van der Waals surface area contributed by atoms with Crippen molar-refractivity contribution in [2.24, 2.45) is 5.92 Å². The Labute approximate surface area is 116 Å². The first kappa shape index (κ1) is 13.9. The molecule has 0 aliphatic heterocycles. The molecule has 0 bridgehead atoms. The SMILES string of the molecule is CC(C)C(Br)C(=O)Nc1ccc(F)cc1I. The van der Waals surface area contributed by atoms with E-state index in [1.54, 1.807) is 6.07 Å². The summed E-state index contributed by atoms with van der Waals surface area (Å²) in [4.78, 5) is 11.5. The Morgan fingerprint density at radius 1 is 1.50 bits per heavy atom. The van der Waals surface area contributed by atoms with Gasteiger partial charge in [-0.1, -0.05) is 29.8 Å². The van der Waals surface area contributed by atoms with E-state index in [1.807, 2.05) is 36.4 Å². The molecule has 0 saturated carbocycles. The minimum absolute atomic E-state index is 0.112. The molecule has 0 aromatic heterocycles. The first-order valence-corrected chi connectivity index (χ1v) is 6.81. The van der Waals surface area contributed by atoms with Crippen molar-refractivity contribution in [3.05, 3.63) is 27.6 Å². The van der Waals surface area contributed by atoms with Crippen molar-refractivity contribution in [3.63, 3.8) is 0 Å². The average Bonchev–Trinajstić information content (AvgIpc) is 2.20. The highest BCUT2D eigenvalue weighted by atomic mass is 127. The predicted octanol–water partition coefficient (Wildman–Crippen LogP) is 3.79. The lowest BCUT2D eigenvalue weighted by molar-refractivity contribution is -0.116. The van der Waals surface area contributed by atoms with Crippen LogP contribution in [0.25, 0.3) is 0 Å². The zero-order valence-electron chi connectivity index (χ0n) is 8.93. The van der Waals surface area contributed by atoms with Gasteiger partial charge in [0.15, 0.2) is 0 Å². The second-order valence-corrected chi connectivity index (χ2v) is 5.91. The van der Waals surface area contributed by atoms with Crippen molar-refractivity contribution in [2.75, 3.05) is 5.32 Å². The third kappa shape index (κ3) is 3.69. The molecule has 0 spiro atoms. The predicted molar refractivity (Wildman–Crippen MR) is 75.3 cm³/mol. The Bertz CT molecular complexity index is 398. The molecule has 1 N–H and O–H groups in total. The number of carbonyl (C=O) groups is 1. The fourth-order valence-corrected chi connectivity index (χ4v) is 1.82. The number of rotatable bonds is 3. The lowest BCUT2D eigenvalue weighted by Gasteiger charge is -2.14. The van der Waals surface area contributed by atoms with E-state index in [9.17, 15) is 9.18 Å². The molecule has 1 aromatic rings. The zero-order chi connectivity index (χ0) is 12.3. The van der Waals surface area contributed by atoms with Crippen LogP contribution in [0.4, 0.5) is 10.1 Å². The topological polar surface area (TPSA) is 29.1 Å². The van der Waals surface area contributed by atoms with Crippen molar-refractivity contribution < 1.29 is 9.18 Å². The molecule has 1 atom stereocenters. The van der Waals surface area contributed by atoms with Crippen LogP contribution in [0.15, 0.2) is 18.2 Å². The van der Waals surface area contributed by atoms with E-state index in [1.165, 1.54) is 12.1 Å². The number of hydrogen-bond acceptors (Lipinski definition) is 1. The summed E-state index contributed by atoms with van der Waals surface area (Å²) in [5, 5.41) is 2.76. The molecule has 0 radical (unpaired) electrons. The van der Waals surface area contributed by atoms with E-state index in [-0.39, 0.29) is 22.5 Å². The summed E-state index contributed by atoms with van der Waals surface area (Å²) < 4.78 is 13.5. The molecular formula is C11H12BrFINO. The first-order chi connectivity index (χ1) is 7.41. The van der Waals surface area contributed by atoms with E-state index < -0.39 is 0 Å². The summed E-state index contributed by atoms with van der Waals surface area (Å²) in [7, 11) is 0. The maximum atomic E-state index is 12.8. The van der Waals surface area contributed by atoms with Gasteiger partial charge >= 0.3 is 0 Å². The molecule has 1 unspecified atom stereocenters. The monoisotopic (exact) mass is 399 g/mol. The molecule has 88 valence electrons. The molecule has 0 fully saturated rings. The van der Waals surface area contributed by atoms with Crippen LogP contribution in [-0.2, 0) is 4.79 Å². The normalized spacial score (nSPS) is 12.6. The van der Waals surface area contributed by atoms with E-state index in [2.05, 4.69) is 21.2 Å². The minimum atomic E-state index is -0.304. The quantitative estimate of drug-likeness (QED) is 0.608. The summed E-state index contributed by atoms with van der Waals surface area (Å²) >= 11 is 5.31. The van der Waals surface area contributed by atoms with Gasteiger partial charge in [-0.25, -0.2) is 4.39 Å². The molecule has 16 heavy (non-hydrogen) atoms. The van der Waals surface area contributed by atoms with Crippen molar-refractivity contribution >= 4 is 50.1 Å². The molecule has 0 aliphatic rings. The van der Waals surface area contributed by atoms with Crippen LogP contribution in [0.2, 0.25) is 0 Å². The van der Waals surface area contributed by atoms with Gasteiger partial charge in [0.2, 0.25) is 5.91 Å². The number of benzene rings is 1. The maximum Gasteiger partial charge on any atom is 0.238 e. The third-order valence-corrected chi connectivity index (χ3v) is 4.39. The van der Waals surface area contributed by atoms with Crippen LogP contribution in [-0.4, -0.2) is 10.7 Å². The van der Waals surface area contributed by atoms with Gasteiger partial charge in [-0.3, -0.25) is 4.79 Å². The van der Waals surface area contributed by atoms with Crippen molar-refractivity contribution in [1.82, 2.24) is 0 Å². The van der Waals surface area contributed by atoms with Crippen molar-refractivity contribution in [2.45, 2.75) is 18.7 Å². The van der Waals surface area contributed by atoms with Crippen molar-refractivity contribution in [3.8, 4) is 0 Å². The molecule has 0 heterocycles. The smallest absolute Gasteiger partial charge is 0.238 e. The fraction of sp³-hybridized carbons (Fsp3) is 0.364. The van der Waals surface area contributed by atoms with Gasteiger partial charge in [0.25, 0.3) is 0 Å². The van der Waals surface area contributed by atoms with Gasteiger partial charge in [-0.2, -0.15) is 0 Å². The maximum absolute atomic E-state index is 12.8. The van der Waals surface area contributed by atoms with Gasteiger partial charge in [0.1, 0.15) is 5.82 Å². The summed E-state index contributed by atoms with van der Waals surface area (Å²) in [5.41, 5.74) is 0.636. The number of alkyl halides is 1. The summed E-state index contributed by atoms with van der Waals surface area (Å²) in [6.07, 6.45) is 0. The Morgan fingerprint density at radius 2 is 2.12 bits per heavy atom. The van der Waals surface area contributed by atoms with E-state index in [0.29, 0.717) is 9.26 Å². The number of halogens is 3. The van der Waals surface area contributed by atoms with Gasteiger partial charge in [-0.05, 0) is 46.7 Å². The van der Waals surface area contributed by atoms with Crippen LogP contribution in [0.1, 0.15) is 13.8 Å². The Kier molecular flexibility index (Phi) is 5.17. The van der Waals surface area contributed by atoms with Gasteiger partial charge < -0.3 is 5.32 Å². The lowest BCUT2D eigenvalue weighted by atomic mass is 10.1. The molecular weight excluding hydrogens is 388 g/mol. The zero-order valence-corrected chi connectivity index (χ0v) is 12.7. The number of amides is 1.